The number of aliphatic hydroxyl groups is 1. The van der Waals surface area contributed by atoms with Crippen molar-refractivity contribution in [1.29, 1.82) is 0 Å². The zero-order valence-corrected chi connectivity index (χ0v) is 8.49. The number of aliphatic hydroxyl groups excluding tert-OH is 1. The Balaban J connectivity index is 2.71. The van der Waals surface area contributed by atoms with E-state index < -0.39 is 6.10 Å². The van der Waals surface area contributed by atoms with E-state index >= 15 is 0 Å². The van der Waals surface area contributed by atoms with Crippen LogP contribution in [0.5, 0.6) is 0 Å². The zero-order chi connectivity index (χ0) is 10.0. The van der Waals surface area contributed by atoms with Crippen LogP contribution in [0.2, 0.25) is 0 Å². The summed E-state index contributed by atoms with van der Waals surface area (Å²) in [4.78, 5) is 11.4. The maximum Gasteiger partial charge on any atom is 0.309 e. The van der Waals surface area contributed by atoms with Crippen LogP contribution in [0.4, 0.5) is 0 Å². The third-order valence-electron chi connectivity index (χ3n) is 3.12. The lowest BCUT2D eigenvalue weighted by molar-refractivity contribution is -0.149. The van der Waals surface area contributed by atoms with Crippen molar-refractivity contribution in [2.75, 3.05) is 7.11 Å². The molecule has 0 radical (unpaired) electrons. The maximum absolute atomic E-state index is 11.4. The minimum Gasteiger partial charge on any atom is -0.469 e. The van der Waals surface area contributed by atoms with Crippen molar-refractivity contribution in [2.24, 2.45) is 17.8 Å². The summed E-state index contributed by atoms with van der Waals surface area (Å²) in [6.45, 7) is 3.79. The van der Waals surface area contributed by atoms with Crippen LogP contribution in [0, 0.1) is 17.8 Å². The molecule has 0 amide bonds. The average molecular weight is 186 g/mol. The number of rotatable bonds is 2. The van der Waals surface area contributed by atoms with E-state index in [2.05, 4.69) is 0 Å². The van der Waals surface area contributed by atoms with Crippen molar-refractivity contribution in [3.8, 4) is 0 Å². The number of ether oxygens (including phenoxy) is 1. The topological polar surface area (TPSA) is 46.5 Å². The molecule has 1 rings (SSSR count). The number of methoxy groups -OCH3 is 1. The molecule has 0 heterocycles. The summed E-state index contributed by atoms with van der Waals surface area (Å²) in [5.74, 6) is 0.149. The third-order valence-corrected chi connectivity index (χ3v) is 3.12. The van der Waals surface area contributed by atoms with E-state index in [0.717, 1.165) is 12.8 Å². The monoisotopic (exact) mass is 186 g/mol. The molecule has 0 aromatic carbocycles. The van der Waals surface area contributed by atoms with Gasteiger partial charge in [-0.3, -0.25) is 4.79 Å². The second kappa shape index (κ2) is 4.09. The Morgan fingerprint density at radius 1 is 1.54 bits per heavy atom. The van der Waals surface area contributed by atoms with Crippen molar-refractivity contribution < 1.29 is 14.6 Å². The number of hydrogen-bond donors (Lipinski definition) is 1. The Hall–Kier alpha value is -0.570. The van der Waals surface area contributed by atoms with Gasteiger partial charge in [0.2, 0.25) is 0 Å². The summed E-state index contributed by atoms with van der Waals surface area (Å²) in [6, 6.07) is 0. The molecule has 0 aromatic heterocycles. The van der Waals surface area contributed by atoms with Crippen molar-refractivity contribution in [3.05, 3.63) is 0 Å². The molecule has 4 atom stereocenters. The van der Waals surface area contributed by atoms with Gasteiger partial charge in [0.25, 0.3) is 0 Å². The second-order valence-electron chi connectivity index (χ2n) is 4.01. The highest BCUT2D eigenvalue weighted by molar-refractivity contribution is 5.73. The summed E-state index contributed by atoms with van der Waals surface area (Å²) in [5, 5.41) is 9.48. The van der Waals surface area contributed by atoms with Gasteiger partial charge in [0.05, 0.1) is 19.1 Å². The van der Waals surface area contributed by atoms with E-state index in [-0.39, 0.29) is 17.8 Å². The van der Waals surface area contributed by atoms with Gasteiger partial charge < -0.3 is 9.84 Å². The summed E-state index contributed by atoms with van der Waals surface area (Å²) < 4.78 is 4.73. The first kappa shape index (κ1) is 10.5. The average Bonchev–Trinajstić information content (AvgIpc) is 2.46. The van der Waals surface area contributed by atoms with Crippen LogP contribution in [0.3, 0.4) is 0 Å². The fourth-order valence-corrected chi connectivity index (χ4v) is 2.32. The van der Waals surface area contributed by atoms with Gasteiger partial charge in [0.15, 0.2) is 0 Å². The lowest BCUT2D eigenvalue weighted by atomic mass is 9.87. The van der Waals surface area contributed by atoms with Crippen molar-refractivity contribution in [3.63, 3.8) is 0 Å². The van der Waals surface area contributed by atoms with Crippen LogP contribution in [0.1, 0.15) is 26.7 Å². The quantitative estimate of drug-likeness (QED) is 0.659. The SMILES string of the molecule is COC(=O)C1C(C)CCC1C(C)O. The molecule has 0 saturated heterocycles. The Bertz CT molecular complexity index is 189. The highest BCUT2D eigenvalue weighted by Crippen LogP contribution is 2.39. The van der Waals surface area contributed by atoms with Gasteiger partial charge in [-0.1, -0.05) is 6.92 Å². The zero-order valence-electron chi connectivity index (χ0n) is 8.49. The Kier molecular flexibility index (Phi) is 3.31. The first-order valence-electron chi connectivity index (χ1n) is 4.83. The molecule has 76 valence electrons. The molecule has 3 heteroatoms. The minimum atomic E-state index is -0.408. The van der Waals surface area contributed by atoms with Crippen molar-refractivity contribution in [1.82, 2.24) is 0 Å². The van der Waals surface area contributed by atoms with Gasteiger partial charge in [0, 0.05) is 0 Å². The van der Waals surface area contributed by atoms with Crippen molar-refractivity contribution in [2.45, 2.75) is 32.8 Å². The van der Waals surface area contributed by atoms with E-state index in [9.17, 15) is 9.90 Å². The van der Waals surface area contributed by atoms with Gasteiger partial charge in [-0.15, -0.1) is 0 Å². The largest absolute Gasteiger partial charge is 0.469 e. The van der Waals surface area contributed by atoms with E-state index in [0.29, 0.717) is 5.92 Å². The van der Waals surface area contributed by atoms with Crippen LogP contribution in [-0.2, 0) is 9.53 Å². The van der Waals surface area contributed by atoms with E-state index in [1.807, 2.05) is 6.92 Å². The number of esters is 1. The molecular weight excluding hydrogens is 168 g/mol. The summed E-state index contributed by atoms with van der Waals surface area (Å²) in [5.41, 5.74) is 0. The van der Waals surface area contributed by atoms with Crippen LogP contribution in [-0.4, -0.2) is 24.3 Å². The first-order valence-corrected chi connectivity index (χ1v) is 4.83. The molecule has 1 fully saturated rings. The molecule has 1 N–H and O–H groups in total. The van der Waals surface area contributed by atoms with Gasteiger partial charge in [0.1, 0.15) is 0 Å². The lowest BCUT2D eigenvalue weighted by Crippen LogP contribution is -2.30. The first-order chi connectivity index (χ1) is 6.07. The predicted molar refractivity (Wildman–Crippen MR) is 49.1 cm³/mol. The molecule has 3 nitrogen and oxygen atoms in total. The molecule has 13 heavy (non-hydrogen) atoms. The molecule has 0 bridgehead atoms. The minimum absolute atomic E-state index is 0.0856. The molecule has 0 aromatic rings. The third kappa shape index (κ3) is 2.02. The molecule has 1 aliphatic carbocycles. The second-order valence-corrected chi connectivity index (χ2v) is 4.01. The Morgan fingerprint density at radius 3 is 2.62 bits per heavy atom. The maximum atomic E-state index is 11.4. The van der Waals surface area contributed by atoms with Gasteiger partial charge in [-0.05, 0) is 31.6 Å². The number of carbonyl (C=O) groups is 1. The number of carbonyl (C=O) groups excluding carboxylic acids is 1. The van der Waals surface area contributed by atoms with Crippen LogP contribution < -0.4 is 0 Å². The fourth-order valence-electron chi connectivity index (χ4n) is 2.32. The fraction of sp³-hybridized carbons (Fsp3) is 0.900. The van der Waals surface area contributed by atoms with Gasteiger partial charge in [-0.2, -0.15) is 0 Å². The lowest BCUT2D eigenvalue weighted by Gasteiger charge is -2.22. The Morgan fingerprint density at radius 2 is 2.15 bits per heavy atom. The standard InChI is InChI=1S/C10H18O3/c1-6-4-5-8(7(2)11)9(6)10(12)13-3/h6-9,11H,4-5H2,1-3H3. The molecule has 0 spiro atoms. The molecular formula is C10H18O3. The van der Waals surface area contributed by atoms with Crippen LogP contribution in [0.25, 0.3) is 0 Å². The van der Waals surface area contributed by atoms with Crippen molar-refractivity contribution >= 4 is 5.97 Å². The molecule has 1 aliphatic rings. The number of hydrogen-bond acceptors (Lipinski definition) is 3. The van der Waals surface area contributed by atoms with Gasteiger partial charge in [-0.25, -0.2) is 0 Å². The molecule has 4 unspecified atom stereocenters. The van der Waals surface area contributed by atoms with E-state index in [4.69, 9.17) is 4.74 Å². The predicted octanol–water partition coefficient (Wildman–Crippen LogP) is 1.20. The smallest absolute Gasteiger partial charge is 0.309 e. The van der Waals surface area contributed by atoms with Gasteiger partial charge >= 0.3 is 5.97 Å². The highest BCUT2D eigenvalue weighted by Gasteiger charge is 2.41. The normalized spacial score (nSPS) is 35.8. The summed E-state index contributed by atoms with van der Waals surface area (Å²) >= 11 is 0. The molecule has 0 aliphatic heterocycles. The summed E-state index contributed by atoms with van der Waals surface area (Å²) in [7, 11) is 1.41. The highest BCUT2D eigenvalue weighted by atomic mass is 16.5. The van der Waals surface area contributed by atoms with Crippen LogP contribution >= 0.6 is 0 Å². The van der Waals surface area contributed by atoms with E-state index in [1.54, 1.807) is 6.92 Å². The van der Waals surface area contributed by atoms with E-state index in [1.165, 1.54) is 7.11 Å². The molecule has 1 saturated carbocycles. The van der Waals surface area contributed by atoms with Crippen LogP contribution in [0.15, 0.2) is 0 Å². The Labute approximate surface area is 79.1 Å². The summed E-state index contributed by atoms with van der Waals surface area (Å²) in [6.07, 6.45) is 1.53.